The smallest absolute Gasteiger partial charge is 0.328 e. The number of carbonyl (C=O) groups is 2. The lowest BCUT2D eigenvalue weighted by Crippen LogP contribution is -2.51. The van der Waals surface area contributed by atoms with Gasteiger partial charge in [0.05, 0.1) is 17.2 Å². The summed E-state index contributed by atoms with van der Waals surface area (Å²) in [4.78, 5) is 26.7. The topological polar surface area (TPSA) is 72.6 Å². The molecule has 2 rings (SSSR count). The van der Waals surface area contributed by atoms with Crippen molar-refractivity contribution in [3.8, 4) is 0 Å². The SMILES string of the molecule is CCC(CC)C(N)C(=O)N1CC2(C[C@H]1C(=O)OC)SCCS2. The van der Waals surface area contributed by atoms with Gasteiger partial charge in [-0.2, -0.15) is 0 Å². The van der Waals surface area contributed by atoms with Crippen molar-refractivity contribution in [2.45, 2.75) is 49.3 Å². The van der Waals surface area contributed by atoms with Gasteiger partial charge in [0.2, 0.25) is 5.91 Å². The molecule has 126 valence electrons. The first-order chi connectivity index (χ1) is 10.5. The molecule has 2 fully saturated rings. The Morgan fingerprint density at radius 2 is 1.91 bits per heavy atom. The number of carbonyl (C=O) groups excluding carboxylic acids is 2. The summed E-state index contributed by atoms with van der Waals surface area (Å²) in [6.45, 7) is 4.69. The summed E-state index contributed by atoms with van der Waals surface area (Å²) in [5.74, 6) is 1.87. The van der Waals surface area contributed by atoms with Gasteiger partial charge in [-0.15, -0.1) is 23.5 Å². The van der Waals surface area contributed by atoms with Gasteiger partial charge in [0.25, 0.3) is 0 Å². The summed E-state index contributed by atoms with van der Waals surface area (Å²) in [5.41, 5.74) is 6.20. The molecule has 0 radical (unpaired) electrons. The van der Waals surface area contributed by atoms with E-state index in [9.17, 15) is 9.59 Å². The second kappa shape index (κ2) is 7.45. The molecule has 2 aliphatic rings. The Hall–Kier alpha value is -0.400. The summed E-state index contributed by atoms with van der Waals surface area (Å²) in [6.07, 6.45) is 2.40. The largest absolute Gasteiger partial charge is 0.467 e. The predicted octanol–water partition coefficient (Wildman–Crippen LogP) is 1.70. The van der Waals surface area contributed by atoms with Crippen molar-refractivity contribution in [1.29, 1.82) is 0 Å². The van der Waals surface area contributed by atoms with Gasteiger partial charge in [0.1, 0.15) is 6.04 Å². The maximum Gasteiger partial charge on any atom is 0.328 e. The first kappa shape index (κ1) is 17.9. The van der Waals surface area contributed by atoms with Gasteiger partial charge in [0, 0.05) is 24.5 Å². The van der Waals surface area contributed by atoms with E-state index >= 15 is 0 Å². The molecule has 0 aromatic rings. The van der Waals surface area contributed by atoms with Gasteiger partial charge >= 0.3 is 5.97 Å². The molecule has 0 saturated carbocycles. The maximum atomic E-state index is 12.9. The van der Waals surface area contributed by atoms with Crippen LogP contribution in [0.25, 0.3) is 0 Å². The fourth-order valence-electron chi connectivity index (χ4n) is 3.31. The summed E-state index contributed by atoms with van der Waals surface area (Å²) in [6, 6.07) is -1.02. The Bertz CT molecular complexity index is 423. The zero-order valence-corrected chi connectivity index (χ0v) is 15.2. The molecule has 7 heteroatoms. The normalized spacial score (nSPS) is 25.0. The van der Waals surface area contributed by atoms with Crippen molar-refractivity contribution >= 4 is 35.4 Å². The van der Waals surface area contributed by atoms with Crippen molar-refractivity contribution in [3.63, 3.8) is 0 Å². The average Bonchev–Trinajstić information content (AvgIpc) is 3.14. The van der Waals surface area contributed by atoms with Crippen LogP contribution < -0.4 is 5.73 Å². The predicted molar refractivity (Wildman–Crippen MR) is 91.8 cm³/mol. The number of thioether (sulfide) groups is 2. The number of hydrogen-bond acceptors (Lipinski definition) is 6. The highest BCUT2D eigenvalue weighted by Crippen LogP contribution is 2.52. The number of methoxy groups -OCH3 is 1. The van der Waals surface area contributed by atoms with E-state index < -0.39 is 12.1 Å². The number of hydrogen-bond donors (Lipinski definition) is 1. The lowest BCUT2D eigenvalue weighted by atomic mass is 9.93. The van der Waals surface area contributed by atoms with E-state index in [1.165, 1.54) is 7.11 Å². The molecule has 0 aromatic heterocycles. The first-order valence-electron chi connectivity index (χ1n) is 7.89. The third-order valence-electron chi connectivity index (χ3n) is 4.70. The third kappa shape index (κ3) is 3.41. The molecule has 2 atom stereocenters. The Morgan fingerprint density at radius 3 is 2.41 bits per heavy atom. The molecule has 0 aliphatic carbocycles. The summed E-state index contributed by atoms with van der Waals surface area (Å²) >= 11 is 3.71. The van der Waals surface area contributed by atoms with Gasteiger partial charge in [0.15, 0.2) is 0 Å². The van der Waals surface area contributed by atoms with Crippen molar-refractivity contribution < 1.29 is 14.3 Å². The summed E-state index contributed by atoms with van der Waals surface area (Å²) < 4.78 is 4.86. The number of likely N-dealkylation sites (tertiary alicyclic amines) is 1. The zero-order chi connectivity index (χ0) is 16.3. The van der Waals surface area contributed by atoms with Crippen LogP contribution in [0.2, 0.25) is 0 Å². The van der Waals surface area contributed by atoms with Crippen molar-refractivity contribution in [2.75, 3.05) is 25.2 Å². The standard InChI is InChI=1S/C15H26N2O3S2/c1-4-10(5-2)12(16)13(18)17-9-15(21-6-7-22-15)8-11(17)14(19)20-3/h10-12H,4-9,16H2,1-3H3/t11-,12?/m0/s1. The summed E-state index contributed by atoms with van der Waals surface area (Å²) in [5, 5.41) is 0. The fourth-order valence-corrected chi connectivity index (χ4v) is 6.57. The molecule has 2 heterocycles. The van der Waals surface area contributed by atoms with Crippen LogP contribution in [0.1, 0.15) is 33.1 Å². The Labute approximate surface area is 141 Å². The zero-order valence-electron chi connectivity index (χ0n) is 13.5. The molecule has 22 heavy (non-hydrogen) atoms. The Morgan fingerprint density at radius 1 is 1.32 bits per heavy atom. The summed E-state index contributed by atoms with van der Waals surface area (Å²) in [7, 11) is 1.38. The van der Waals surface area contributed by atoms with Crippen molar-refractivity contribution in [2.24, 2.45) is 11.7 Å². The van der Waals surface area contributed by atoms with E-state index in [4.69, 9.17) is 10.5 Å². The van der Waals surface area contributed by atoms with E-state index in [1.54, 1.807) is 4.90 Å². The van der Waals surface area contributed by atoms with Crippen LogP contribution in [0.5, 0.6) is 0 Å². The molecular weight excluding hydrogens is 320 g/mol. The number of amides is 1. The minimum Gasteiger partial charge on any atom is -0.467 e. The van der Waals surface area contributed by atoms with Gasteiger partial charge in [-0.05, 0) is 5.92 Å². The van der Waals surface area contributed by atoms with E-state index in [-0.39, 0.29) is 21.9 Å². The number of nitrogens with two attached hydrogens (primary N) is 1. The first-order valence-corrected chi connectivity index (χ1v) is 9.87. The van der Waals surface area contributed by atoms with E-state index in [2.05, 4.69) is 0 Å². The van der Waals surface area contributed by atoms with Gasteiger partial charge in [-0.25, -0.2) is 4.79 Å². The van der Waals surface area contributed by atoms with Crippen LogP contribution >= 0.6 is 23.5 Å². The minimum atomic E-state index is -0.534. The average molecular weight is 347 g/mol. The maximum absolute atomic E-state index is 12.9. The number of nitrogens with zero attached hydrogens (tertiary/aromatic N) is 1. The molecule has 0 aromatic carbocycles. The molecular formula is C15H26N2O3S2. The monoisotopic (exact) mass is 346 g/mol. The third-order valence-corrected chi connectivity index (χ3v) is 8.13. The molecule has 1 spiro atoms. The van der Waals surface area contributed by atoms with Crippen LogP contribution in [0.15, 0.2) is 0 Å². The van der Waals surface area contributed by atoms with Crippen molar-refractivity contribution in [3.05, 3.63) is 0 Å². The van der Waals surface area contributed by atoms with Crippen LogP contribution in [0, 0.1) is 5.92 Å². The highest BCUT2D eigenvalue weighted by atomic mass is 32.2. The molecule has 2 aliphatic heterocycles. The van der Waals surface area contributed by atoms with Gasteiger partial charge in [-0.1, -0.05) is 26.7 Å². The number of esters is 1. The minimum absolute atomic E-state index is 0.0534. The van der Waals surface area contributed by atoms with Crippen LogP contribution in [-0.4, -0.2) is 58.1 Å². The Balaban J connectivity index is 2.18. The van der Waals surface area contributed by atoms with Gasteiger partial charge in [-0.3, -0.25) is 4.79 Å². The molecule has 1 unspecified atom stereocenters. The van der Waals surface area contributed by atoms with Crippen LogP contribution in [0.3, 0.4) is 0 Å². The molecule has 1 amide bonds. The molecule has 0 bridgehead atoms. The molecule has 2 saturated heterocycles. The number of ether oxygens (including phenoxy) is 1. The second-order valence-electron chi connectivity index (χ2n) is 5.92. The highest BCUT2D eigenvalue weighted by molar-refractivity contribution is 8.21. The van der Waals surface area contributed by atoms with Crippen LogP contribution in [-0.2, 0) is 14.3 Å². The van der Waals surface area contributed by atoms with E-state index in [1.807, 2.05) is 37.4 Å². The molecule has 5 nitrogen and oxygen atoms in total. The van der Waals surface area contributed by atoms with Gasteiger partial charge < -0.3 is 15.4 Å². The van der Waals surface area contributed by atoms with Crippen molar-refractivity contribution in [1.82, 2.24) is 4.90 Å². The quantitative estimate of drug-likeness (QED) is 0.764. The van der Waals surface area contributed by atoms with E-state index in [0.717, 1.165) is 24.3 Å². The number of rotatable bonds is 5. The Kier molecular flexibility index (Phi) is 6.07. The second-order valence-corrected chi connectivity index (χ2v) is 9.13. The van der Waals surface area contributed by atoms with Crippen LogP contribution in [0.4, 0.5) is 0 Å². The fraction of sp³-hybridized carbons (Fsp3) is 0.867. The lowest BCUT2D eigenvalue weighted by molar-refractivity contribution is -0.151. The highest BCUT2D eigenvalue weighted by Gasteiger charge is 2.52. The van der Waals surface area contributed by atoms with E-state index in [0.29, 0.717) is 13.0 Å². The molecule has 2 N–H and O–H groups in total. The lowest BCUT2D eigenvalue weighted by Gasteiger charge is -2.29.